The molecule has 5 unspecified atom stereocenters. The van der Waals surface area contributed by atoms with Crippen LogP contribution in [0.2, 0.25) is 0 Å². The fourth-order valence-corrected chi connectivity index (χ4v) is 2.09. The third-order valence-corrected chi connectivity index (χ3v) is 3.35. The molecule has 0 saturated carbocycles. The van der Waals surface area contributed by atoms with Crippen LogP contribution < -0.4 is 10.5 Å². The Morgan fingerprint density at radius 2 is 1.81 bits per heavy atom. The molecular weight excluding hydrogens is 282 g/mol. The second kappa shape index (κ2) is 6.56. The summed E-state index contributed by atoms with van der Waals surface area (Å²) in [6.45, 7) is -0.714. The van der Waals surface area contributed by atoms with Gasteiger partial charge in [0.1, 0.15) is 30.2 Å². The summed E-state index contributed by atoms with van der Waals surface area (Å²) in [4.78, 5) is 0. The molecule has 8 heteroatoms. The molecule has 1 aromatic carbocycles. The normalized spacial score (nSPS) is 32.9. The molecular formula is C13H19NO7. The minimum Gasteiger partial charge on any atom is -0.460 e. The number of rotatable bonds is 4. The Balaban J connectivity index is 2.14. The predicted molar refractivity (Wildman–Crippen MR) is 71.2 cm³/mol. The van der Waals surface area contributed by atoms with Gasteiger partial charge in [0, 0.05) is 0 Å². The van der Waals surface area contributed by atoms with Crippen LogP contribution in [0.15, 0.2) is 18.2 Å². The first kappa shape index (κ1) is 16.0. The van der Waals surface area contributed by atoms with Crippen molar-refractivity contribution in [1.29, 1.82) is 0 Å². The summed E-state index contributed by atoms with van der Waals surface area (Å²) in [6, 6.07) is 4.57. The lowest BCUT2D eigenvalue weighted by molar-refractivity contribution is -0.277. The van der Waals surface area contributed by atoms with E-state index in [1.165, 1.54) is 12.1 Å². The molecule has 0 bridgehead atoms. The molecule has 5 atom stereocenters. The lowest BCUT2D eigenvalue weighted by Crippen LogP contribution is -2.60. The summed E-state index contributed by atoms with van der Waals surface area (Å²) in [5.74, 6) is 0.191. The van der Waals surface area contributed by atoms with E-state index >= 15 is 0 Å². The number of hydrogen-bond acceptors (Lipinski definition) is 8. The van der Waals surface area contributed by atoms with Gasteiger partial charge in [0.2, 0.25) is 6.29 Å². The summed E-state index contributed by atoms with van der Waals surface area (Å²) in [5, 5.41) is 47.3. The Hall–Kier alpha value is -1.42. The Bertz CT molecular complexity index is 482. The SMILES string of the molecule is Nc1cc(CO)ccc1OC1OC(CO)C(O)C(O)C1O. The molecule has 8 nitrogen and oxygen atoms in total. The number of benzene rings is 1. The van der Waals surface area contributed by atoms with Gasteiger partial charge in [-0.05, 0) is 17.7 Å². The third kappa shape index (κ3) is 3.26. The quantitative estimate of drug-likeness (QED) is 0.348. The van der Waals surface area contributed by atoms with Gasteiger partial charge in [-0.15, -0.1) is 0 Å². The van der Waals surface area contributed by atoms with Crippen molar-refractivity contribution in [2.75, 3.05) is 12.3 Å². The molecule has 118 valence electrons. The lowest BCUT2D eigenvalue weighted by atomic mass is 9.99. The molecule has 21 heavy (non-hydrogen) atoms. The van der Waals surface area contributed by atoms with E-state index in [0.717, 1.165) is 0 Å². The number of hydrogen-bond donors (Lipinski definition) is 6. The molecule has 1 aliphatic heterocycles. The molecule has 0 aromatic heterocycles. The molecule has 0 amide bonds. The highest BCUT2D eigenvalue weighted by atomic mass is 16.7. The maximum Gasteiger partial charge on any atom is 0.229 e. The molecule has 0 radical (unpaired) electrons. The standard InChI is InChI=1S/C13H19NO7/c14-7-3-6(4-15)1-2-8(7)20-13-12(19)11(18)10(17)9(5-16)21-13/h1-3,9-13,15-19H,4-5,14H2. The highest BCUT2D eigenvalue weighted by molar-refractivity contribution is 5.54. The molecule has 1 heterocycles. The lowest BCUT2D eigenvalue weighted by Gasteiger charge is -2.39. The zero-order valence-corrected chi connectivity index (χ0v) is 11.2. The second-order valence-electron chi connectivity index (χ2n) is 4.85. The minimum atomic E-state index is -1.51. The van der Waals surface area contributed by atoms with Crippen LogP contribution in [0, 0.1) is 0 Å². The topological polar surface area (TPSA) is 146 Å². The van der Waals surface area contributed by atoms with Crippen molar-refractivity contribution in [3.8, 4) is 5.75 Å². The van der Waals surface area contributed by atoms with Crippen LogP contribution in [0.5, 0.6) is 5.75 Å². The van der Waals surface area contributed by atoms with Crippen molar-refractivity contribution in [1.82, 2.24) is 0 Å². The summed E-state index contributed by atoms with van der Waals surface area (Å²) in [7, 11) is 0. The van der Waals surface area contributed by atoms with Crippen molar-refractivity contribution in [2.24, 2.45) is 0 Å². The molecule has 7 N–H and O–H groups in total. The van der Waals surface area contributed by atoms with E-state index in [1.54, 1.807) is 6.07 Å². The third-order valence-electron chi connectivity index (χ3n) is 3.35. The number of aliphatic hydroxyl groups is 5. The van der Waals surface area contributed by atoms with E-state index in [-0.39, 0.29) is 18.0 Å². The second-order valence-corrected chi connectivity index (χ2v) is 4.85. The maximum absolute atomic E-state index is 9.85. The number of nitrogens with two attached hydrogens (primary N) is 1. The number of nitrogen functional groups attached to an aromatic ring is 1. The zero-order valence-electron chi connectivity index (χ0n) is 11.2. The van der Waals surface area contributed by atoms with Gasteiger partial charge in [-0.2, -0.15) is 0 Å². The van der Waals surface area contributed by atoms with E-state index in [1.807, 2.05) is 0 Å². The average Bonchev–Trinajstić information content (AvgIpc) is 2.49. The van der Waals surface area contributed by atoms with E-state index in [4.69, 9.17) is 25.4 Å². The first-order chi connectivity index (χ1) is 9.97. The summed E-state index contributed by atoms with van der Waals surface area (Å²) >= 11 is 0. The van der Waals surface area contributed by atoms with Crippen molar-refractivity contribution >= 4 is 5.69 Å². The monoisotopic (exact) mass is 301 g/mol. The zero-order chi connectivity index (χ0) is 15.6. The Kier molecular flexibility index (Phi) is 4.99. The largest absolute Gasteiger partial charge is 0.460 e. The average molecular weight is 301 g/mol. The van der Waals surface area contributed by atoms with Crippen LogP contribution in [0.4, 0.5) is 5.69 Å². The first-order valence-corrected chi connectivity index (χ1v) is 6.44. The van der Waals surface area contributed by atoms with E-state index < -0.39 is 37.3 Å². The number of anilines is 1. The van der Waals surface area contributed by atoms with Gasteiger partial charge in [-0.1, -0.05) is 6.07 Å². The van der Waals surface area contributed by atoms with E-state index in [0.29, 0.717) is 5.56 Å². The predicted octanol–water partition coefficient (Wildman–Crippen LogP) is -2.06. The van der Waals surface area contributed by atoms with Crippen LogP contribution >= 0.6 is 0 Å². The van der Waals surface area contributed by atoms with Gasteiger partial charge in [0.25, 0.3) is 0 Å². The van der Waals surface area contributed by atoms with Crippen molar-refractivity contribution in [3.05, 3.63) is 23.8 Å². The summed E-state index contributed by atoms with van der Waals surface area (Å²) in [5.41, 5.74) is 6.57. The van der Waals surface area contributed by atoms with Crippen molar-refractivity contribution < 1.29 is 35.0 Å². The van der Waals surface area contributed by atoms with Gasteiger partial charge in [-0.25, -0.2) is 0 Å². The summed E-state index contributed by atoms with van der Waals surface area (Å²) < 4.78 is 10.6. The molecule has 1 fully saturated rings. The van der Waals surface area contributed by atoms with Crippen LogP contribution in [-0.2, 0) is 11.3 Å². The van der Waals surface area contributed by atoms with Gasteiger partial charge < -0.3 is 40.7 Å². The Labute approximate surface area is 121 Å². The van der Waals surface area contributed by atoms with Crippen LogP contribution in [-0.4, -0.2) is 62.8 Å². The fraction of sp³-hybridized carbons (Fsp3) is 0.538. The Morgan fingerprint density at radius 3 is 2.38 bits per heavy atom. The highest BCUT2D eigenvalue weighted by Gasteiger charge is 2.44. The first-order valence-electron chi connectivity index (χ1n) is 6.44. The van der Waals surface area contributed by atoms with Crippen molar-refractivity contribution in [2.45, 2.75) is 37.3 Å². The minimum absolute atomic E-state index is 0.176. The van der Waals surface area contributed by atoms with Crippen LogP contribution in [0.3, 0.4) is 0 Å². The molecule has 1 aliphatic rings. The van der Waals surface area contributed by atoms with Gasteiger partial charge in [0.15, 0.2) is 0 Å². The van der Waals surface area contributed by atoms with Crippen LogP contribution in [0.25, 0.3) is 0 Å². The van der Waals surface area contributed by atoms with Crippen LogP contribution in [0.1, 0.15) is 5.56 Å². The van der Waals surface area contributed by atoms with Gasteiger partial charge >= 0.3 is 0 Å². The van der Waals surface area contributed by atoms with Crippen molar-refractivity contribution in [3.63, 3.8) is 0 Å². The van der Waals surface area contributed by atoms with Gasteiger partial charge in [-0.3, -0.25) is 0 Å². The maximum atomic E-state index is 9.85. The fourth-order valence-electron chi connectivity index (χ4n) is 2.09. The molecule has 0 spiro atoms. The highest BCUT2D eigenvalue weighted by Crippen LogP contribution is 2.28. The van der Waals surface area contributed by atoms with E-state index in [9.17, 15) is 15.3 Å². The number of ether oxygens (including phenoxy) is 2. The van der Waals surface area contributed by atoms with Gasteiger partial charge in [0.05, 0.1) is 18.9 Å². The van der Waals surface area contributed by atoms with E-state index in [2.05, 4.69) is 0 Å². The summed E-state index contributed by atoms with van der Waals surface area (Å²) in [6.07, 6.45) is -6.80. The molecule has 1 aromatic rings. The Morgan fingerprint density at radius 1 is 1.10 bits per heavy atom. The number of aliphatic hydroxyl groups excluding tert-OH is 5. The molecule has 0 aliphatic carbocycles. The molecule has 1 saturated heterocycles. The molecule has 2 rings (SSSR count). The smallest absolute Gasteiger partial charge is 0.229 e.